The lowest BCUT2D eigenvalue weighted by atomic mass is 10.1. The van der Waals surface area contributed by atoms with E-state index in [9.17, 15) is 9.90 Å². The summed E-state index contributed by atoms with van der Waals surface area (Å²) >= 11 is 0. The van der Waals surface area contributed by atoms with Crippen molar-refractivity contribution >= 4 is 16.7 Å². The van der Waals surface area contributed by atoms with Crippen molar-refractivity contribution in [3.05, 3.63) is 66.4 Å². The zero-order valence-corrected chi connectivity index (χ0v) is 10.5. The third-order valence-electron chi connectivity index (χ3n) is 2.95. The largest absolute Gasteiger partial charge is 0.478 e. The van der Waals surface area contributed by atoms with Gasteiger partial charge in [0.1, 0.15) is 5.56 Å². The van der Waals surface area contributed by atoms with Gasteiger partial charge in [-0.25, -0.2) is 9.78 Å². The Bertz CT molecular complexity index is 769. The quantitative estimate of drug-likeness (QED) is 0.784. The molecule has 0 amide bonds. The minimum atomic E-state index is -1.03. The summed E-state index contributed by atoms with van der Waals surface area (Å²) in [6.07, 6.45) is 1.60. The molecule has 0 saturated carbocycles. The number of hydrogen-bond donors (Lipinski definition) is 1. The molecule has 4 nitrogen and oxygen atoms in total. The molecule has 3 rings (SSSR count). The molecule has 98 valence electrons. The van der Waals surface area contributed by atoms with Crippen molar-refractivity contribution in [1.29, 1.82) is 0 Å². The topological polar surface area (TPSA) is 59.4 Å². The summed E-state index contributed by atoms with van der Waals surface area (Å²) < 4.78 is 5.69. The SMILES string of the molecule is O=C(O)c1ccc2ccccc2c1Oc1ccccn1. The van der Waals surface area contributed by atoms with Crippen molar-refractivity contribution < 1.29 is 14.6 Å². The van der Waals surface area contributed by atoms with Crippen molar-refractivity contribution in [3.63, 3.8) is 0 Å². The average Bonchev–Trinajstić information content (AvgIpc) is 2.48. The molecule has 20 heavy (non-hydrogen) atoms. The molecule has 0 aliphatic heterocycles. The van der Waals surface area contributed by atoms with Crippen LogP contribution in [0, 0.1) is 0 Å². The van der Waals surface area contributed by atoms with Crippen LogP contribution in [-0.4, -0.2) is 16.1 Å². The fourth-order valence-corrected chi connectivity index (χ4v) is 2.03. The standard InChI is InChI=1S/C16H11NO3/c18-16(19)13-9-8-11-5-1-2-6-12(11)15(13)20-14-7-3-4-10-17-14/h1-10H,(H,18,19). The van der Waals surface area contributed by atoms with E-state index in [1.165, 1.54) is 0 Å². The van der Waals surface area contributed by atoms with E-state index in [-0.39, 0.29) is 5.56 Å². The third-order valence-corrected chi connectivity index (χ3v) is 2.95. The van der Waals surface area contributed by atoms with Gasteiger partial charge < -0.3 is 9.84 Å². The number of carboxylic acids is 1. The highest BCUT2D eigenvalue weighted by Gasteiger charge is 2.15. The lowest BCUT2D eigenvalue weighted by molar-refractivity contribution is 0.0694. The molecule has 3 aromatic rings. The maximum Gasteiger partial charge on any atom is 0.339 e. The van der Waals surface area contributed by atoms with E-state index >= 15 is 0 Å². The first-order valence-corrected chi connectivity index (χ1v) is 6.09. The maximum absolute atomic E-state index is 11.4. The monoisotopic (exact) mass is 265 g/mol. The third kappa shape index (κ3) is 2.19. The molecule has 0 unspecified atom stereocenters. The molecule has 2 aromatic carbocycles. The van der Waals surface area contributed by atoms with E-state index in [1.807, 2.05) is 24.3 Å². The number of carbonyl (C=O) groups is 1. The summed E-state index contributed by atoms with van der Waals surface area (Å²) in [4.78, 5) is 15.4. The zero-order chi connectivity index (χ0) is 13.9. The number of hydrogen-bond acceptors (Lipinski definition) is 3. The van der Waals surface area contributed by atoms with E-state index in [0.29, 0.717) is 11.6 Å². The van der Waals surface area contributed by atoms with E-state index in [2.05, 4.69) is 4.98 Å². The van der Waals surface area contributed by atoms with Crippen molar-refractivity contribution in [3.8, 4) is 11.6 Å². The van der Waals surface area contributed by atoms with Gasteiger partial charge in [0.15, 0.2) is 5.75 Å². The van der Waals surface area contributed by atoms with E-state index in [1.54, 1.807) is 36.5 Å². The molecule has 0 saturated heterocycles. The molecule has 1 aromatic heterocycles. The van der Waals surface area contributed by atoms with Crippen LogP contribution >= 0.6 is 0 Å². The molecule has 4 heteroatoms. The second-order valence-electron chi connectivity index (χ2n) is 4.24. The Morgan fingerprint density at radius 2 is 1.80 bits per heavy atom. The second-order valence-corrected chi connectivity index (χ2v) is 4.24. The van der Waals surface area contributed by atoms with Gasteiger partial charge >= 0.3 is 5.97 Å². The Morgan fingerprint density at radius 3 is 2.55 bits per heavy atom. The zero-order valence-electron chi connectivity index (χ0n) is 10.5. The molecular formula is C16H11NO3. The smallest absolute Gasteiger partial charge is 0.339 e. The lowest BCUT2D eigenvalue weighted by Gasteiger charge is -2.11. The number of carboxylic acid groups (broad SMARTS) is 1. The molecule has 0 aliphatic rings. The van der Waals surface area contributed by atoms with Gasteiger partial charge in [0.05, 0.1) is 0 Å². The molecule has 0 bridgehead atoms. The van der Waals surface area contributed by atoms with Crippen molar-refractivity contribution in [2.75, 3.05) is 0 Å². The molecule has 0 fully saturated rings. The van der Waals surface area contributed by atoms with Crippen molar-refractivity contribution in [2.24, 2.45) is 0 Å². The van der Waals surface area contributed by atoms with E-state index < -0.39 is 5.97 Å². The number of rotatable bonds is 3. The van der Waals surface area contributed by atoms with Gasteiger partial charge in [-0.3, -0.25) is 0 Å². The van der Waals surface area contributed by atoms with Crippen molar-refractivity contribution in [2.45, 2.75) is 0 Å². The van der Waals surface area contributed by atoms with Crippen LogP contribution in [0.4, 0.5) is 0 Å². The highest BCUT2D eigenvalue weighted by atomic mass is 16.5. The van der Waals surface area contributed by atoms with Gasteiger partial charge in [-0.1, -0.05) is 36.4 Å². The number of benzene rings is 2. The minimum Gasteiger partial charge on any atom is -0.478 e. The van der Waals surface area contributed by atoms with Crippen LogP contribution in [0.5, 0.6) is 11.6 Å². The normalized spacial score (nSPS) is 10.4. The molecule has 1 N–H and O–H groups in total. The highest BCUT2D eigenvalue weighted by Crippen LogP contribution is 2.32. The average molecular weight is 265 g/mol. The Morgan fingerprint density at radius 1 is 1.00 bits per heavy atom. The van der Waals surface area contributed by atoms with Crippen LogP contribution in [-0.2, 0) is 0 Å². The summed E-state index contributed by atoms with van der Waals surface area (Å²) in [5.41, 5.74) is 0.120. The number of pyridine rings is 1. The van der Waals surface area contributed by atoms with Crippen LogP contribution in [0.2, 0.25) is 0 Å². The number of aromatic nitrogens is 1. The molecule has 0 aliphatic carbocycles. The van der Waals surface area contributed by atoms with Gasteiger partial charge in [-0.2, -0.15) is 0 Å². The first-order valence-electron chi connectivity index (χ1n) is 6.09. The van der Waals surface area contributed by atoms with Crippen LogP contribution in [0.1, 0.15) is 10.4 Å². The molecule has 1 heterocycles. The maximum atomic E-state index is 11.4. The van der Waals surface area contributed by atoms with E-state index in [0.717, 1.165) is 10.8 Å². The Labute approximate surface area is 115 Å². The summed E-state index contributed by atoms with van der Waals surface area (Å²) in [5.74, 6) is -0.345. The Kier molecular flexibility index (Phi) is 3.05. The lowest BCUT2D eigenvalue weighted by Crippen LogP contribution is -2.01. The predicted octanol–water partition coefficient (Wildman–Crippen LogP) is 3.73. The molecule has 0 atom stereocenters. The summed E-state index contributed by atoms with van der Waals surface area (Å²) in [5, 5.41) is 11.0. The van der Waals surface area contributed by atoms with Crippen LogP contribution < -0.4 is 4.74 Å². The molecular weight excluding hydrogens is 254 g/mol. The number of aromatic carboxylic acids is 1. The van der Waals surface area contributed by atoms with Crippen LogP contribution in [0.15, 0.2) is 60.8 Å². The summed E-state index contributed by atoms with van der Waals surface area (Å²) in [6, 6.07) is 16.0. The number of fused-ring (bicyclic) bond motifs is 1. The first-order chi connectivity index (χ1) is 9.75. The van der Waals surface area contributed by atoms with Gasteiger partial charge in [-0.05, 0) is 17.5 Å². The Hall–Kier alpha value is -2.88. The molecule has 0 spiro atoms. The van der Waals surface area contributed by atoms with Gasteiger partial charge in [0, 0.05) is 17.6 Å². The number of ether oxygens (including phenoxy) is 1. The van der Waals surface area contributed by atoms with Crippen LogP contribution in [0.25, 0.3) is 10.8 Å². The summed E-state index contributed by atoms with van der Waals surface area (Å²) in [6.45, 7) is 0. The van der Waals surface area contributed by atoms with Crippen molar-refractivity contribution in [1.82, 2.24) is 4.98 Å². The van der Waals surface area contributed by atoms with Gasteiger partial charge in [0.25, 0.3) is 0 Å². The fourth-order valence-electron chi connectivity index (χ4n) is 2.03. The second kappa shape index (κ2) is 5.01. The Balaban J connectivity index is 2.20. The van der Waals surface area contributed by atoms with E-state index in [4.69, 9.17) is 4.74 Å². The molecule has 0 radical (unpaired) electrons. The minimum absolute atomic E-state index is 0.120. The fraction of sp³-hybridized carbons (Fsp3) is 0. The predicted molar refractivity (Wildman–Crippen MR) is 75.2 cm³/mol. The number of nitrogens with zero attached hydrogens (tertiary/aromatic N) is 1. The summed E-state index contributed by atoms with van der Waals surface area (Å²) in [7, 11) is 0. The van der Waals surface area contributed by atoms with Gasteiger partial charge in [-0.15, -0.1) is 0 Å². The highest BCUT2D eigenvalue weighted by molar-refractivity contribution is 6.00. The van der Waals surface area contributed by atoms with Crippen LogP contribution in [0.3, 0.4) is 0 Å². The first kappa shape index (κ1) is 12.2. The van der Waals surface area contributed by atoms with Gasteiger partial charge in [0.2, 0.25) is 5.88 Å².